The van der Waals surface area contributed by atoms with Gasteiger partial charge in [0.2, 0.25) is 0 Å². The molecule has 0 aliphatic carbocycles. The molecule has 3 nitrogen and oxygen atoms in total. The third-order valence-electron chi connectivity index (χ3n) is 3.93. The van der Waals surface area contributed by atoms with Crippen molar-refractivity contribution in [2.75, 3.05) is 5.32 Å². The number of hydrogen-bond acceptors (Lipinski definition) is 1. The molecule has 0 spiro atoms. The Balaban J connectivity index is 2.10. The normalized spacial score (nSPS) is 11.0. The Kier molecular flexibility index (Phi) is 4.46. The second-order valence-corrected chi connectivity index (χ2v) is 6.60. The van der Waals surface area contributed by atoms with Gasteiger partial charge in [-0.2, -0.15) is 0 Å². The molecule has 0 unspecified atom stereocenters. The minimum Gasteiger partial charge on any atom is -0.337 e. The summed E-state index contributed by atoms with van der Waals surface area (Å²) >= 11 is 9.57. The summed E-state index contributed by atoms with van der Waals surface area (Å²) < 4.78 is 2.88. The number of anilines is 1. The van der Waals surface area contributed by atoms with Crippen LogP contribution in [0.15, 0.2) is 46.9 Å². The molecule has 0 bridgehead atoms. The summed E-state index contributed by atoms with van der Waals surface area (Å²) in [5, 5.41) is 4.66. The highest BCUT2D eigenvalue weighted by atomic mass is 79.9. The minimum absolute atomic E-state index is 0.122. The van der Waals surface area contributed by atoms with Crippen molar-refractivity contribution in [3.63, 3.8) is 0 Å². The van der Waals surface area contributed by atoms with E-state index in [0.29, 0.717) is 17.3 Å². The molecule has 23 heavy (non-hydrogen) atoms. The van der Waals surface area contributed by atoms with Crippen molar-refractivity contribution >= 4 is 50.0 Å². The molecule has 118 valence electrons. The minimum atomic E-state index is -0.122. The van der Waals surface area contributed by atoms with Crippen LogP contribution in [0.5, 0.6) is 0 Å². The molecular weight excluding hydrogens is 376 g/mol. The van der Waals surface area contributed by atoms with E-state index in [1.54, 1.807) is 0 Å². The van der Waals surface area contributed by atoms with Gasteiger partial charge in [-0.3, -0.25) is 4.79 Å². The van der Waals surface area contributed by atoms with E-state index in [9.17, 15) is 4.79 Å². The Morgan fingerprint density at radius 3 is 2.70 bits per heavy atom. The van der Waals surface area contributed by atoms with Gasteiger partial charge in [0.15, 0.2) is 0 Å². The van der Waals surface area contributed by atoms with Crippen molar-refractivity contribution in [3.8, 4) is 0 Å². The molecule has 3 rings (SSSR count). The third-order valence-corrected chi connectivity index (χ3v) is 4.86. The number of nitrogens with zero attached hydrogens (tertiary/aromatic N) is 1. The molecule has 1 amide bonds. The number of benzene rings is 2. The van der Waals surface area contributed by atoms with E-state index in [4.69, 9.17) is 11.6 Å². The van der Waals surface area contributed by atoms with Crippen molar-refractivity contribution in [1.82, 2.24) is 4.57 Å². The highest BCUT2D eigenvalue weighted by molar-refractivity contribution is 9.10. The standard InChI is InChI=1S/C18H16BrClN2O/c1-3-22-16-9-8-12(20)10-13(16)11(2)17(22)18(23)21-15-7-5-4-6-14(15)19/h4-10H,3H2,1-2H3,(H,21,23). The van der Waals surface area contributed by atoms with Gasteiger partial charge in [-0.05, 0) is 65.7 Å². The van der Waals surface area contributed by atoms with Crippen molar-refractivity contribution in [2.45, 2.75) is 20.4 Å². The number of aryl methyl sites for hydroxylation is 2. The Morgan fingerprint density at radius 2 is 2.00 bits per heavy atom. The van der Waals surface area contributed by atoms with Crippen LogP contribution in [0.25, 0.3) is 10.9 Å². The molecule has 1 aromatic heterocycles. The van der Waals surface area contributed by atoms with Crippen LogP contribution < -0.4 is 5.32 Å². The van der Waals surface area contributed by atoms with Gasteiger partial charge in [0, 0.05) is 26.9 Å². The molecule has 0 aliphatic heterocycles. The maximum atomic E-state index is 12.8. The van der Waals surface area contributed by atoms with Gasteiger partial charge in [0.25, 0.3) is 5.91 Å². The van der Waals surface area contributed by atoms with Gasteiger partial charge < -0.3 is 9.88 Å². The van der Waals surface area contributed by atoms with Crippen molar-refractivity contribution in [1.29, 1.82) is 0 Å². The summed E-state index contributed by atoms with van der Waals surface area (Å²) in [6.07, 6.45) is 0. The quantitative estimate of drug-likeness (QED) is 0.616. The second-order valence-electron chi connectivity index (χ2n) is 5.31. The number of carbonyl (C=O) groups is 1. The van der Waals surface area contributed by atoms with Gasteiger partial charge in [0.05, 0.1) is 5.69 Å². The predicted octanol–water partition coefficient (Wildman–Crippen LogP) is 5.64. The summed E-state index contributed by atoms with van der Waals surface area (Å²) in [4.78, 5) is 12.8. The molecule has 3 aromatic rings. The van der Waals surface area contributed by atoms with Crippen LogP contribution in [0.1, 0.15) is 23.0 Å². The van der Waals surface area contributed by atoms with Crippen LogP contribution >= 0.6 is 27.5 Å². The van der Waals surface area contributed by atoms with E-state index in [-0.39, 0.29) is 5.91 Å². The average molecular weight is 392 g/mol. The van der Waals surface area contributed by atoms with E-state index in [1.165, 1.54) is 0 Å². The molecule has 0 atom stereocenters. The fourth-order valence-electron chi connectivity index (χ4n) is 2.86. The summed E-state index contributed by atoms with van der Waals surface area (Å²) in [5.74, 6) is -0.122. The smallest absolute Gasteiger partial charge is 0.272 e. The van der Waals surface area contributed by atoms with E-state index >= 15 is 0 Å². The number of para-hydroxylation sites is 1. The van der Waals surface area contributed by atoms with Crippen LogP contribution in [0.3, 0.4) is 0 Å². The SMILES string of the molecule is CCn1c(C(=O)Nc2ccccc2Br)c(C)c2cc(Cl)ccc21. The molecule has 0 fully saturated rings. The van der Waals surface area contributed by atoms with Crippen LogP contribution in [0.2, 0.25) is 5.02 Å². The Labute approximate surface area is 148 Å². The molecule has 0 aliphatic rings. The first kappa shape index (κ1) is 16.1. The van der Waals surface area contributed by atoms with E-state index in [0.717, 1.165) is 26.6 Å². The lowest BCUT2D eigenvalue weighted by molar-refractivity contribution is 0.101. The highest BCUT2D eigenvalue weighted by Gasteiger charge is 2.20. The monoisotopic (exact) mass is 390 g/mol. The first-order valence-electron chi connectivity index (χ1n) is 7.37. The second kappa shape index (κ2) is 6.38. The van der Waals surface area contributed by atoms with Gasteiger partial charge in [-0.1, -0.05) is 23.7 Å². The fraction of sp³-hybridized carbons (Fsp3) is 0.167. The highest BCUT2D eigenvalue weighted by Crippen LogP contribution is 2.29. The fourth-order valence-corrected chi connectivity index (χ4v) is 3.42. The number of rotatable bonds is 3. The first-order valence-corrected chi connectivity index (χ1v) is 8.54. The lowest BCUT2D eigenvalue weighted by Gasteiger charge is -2.11. The van der Waals surface area contributed by atoms with Gasteiger partial charge >= 0.3 is 0 Å². The maximum absolute atomic E-state index is 12.8. The molecule has 0 saturated heterocycles. The Hall–Kier alpha value is -1.78. The largest absolute Gasteiger partial charge is 0.337 e. The van der Waals surface area contributed by atoms with Crippen molar-refractivity contribution < 1.29 is 4.79 Å². The van der Waals surface area contributed by atoms with Gasteiger partial charge in [-0.25, -0.2) is 0 Å². The van der Waals surface area contributed by atoms with Crippen molar-refractivity contribution in [3.05, 3.63) is 63.2 Å². The zero-order valence-electron chi connectivity index (χ0n) is 12.9. The summed E-state index contributed by atoms with van der Waals surface area (Å²) in [7, 11) is 0. The summed E-state index contributed by atoms with van der Waals surface area (Å²) in [6.45, 7) is 4.70. The molecule has 1 N–H and O–H groups in total. The number of halogens is 2. The number of fused-ring (bicyclic) bond motifs is 1. The Morgan fingerprint density at radius 1 is 1.26 bits per heavy atom. The topological polar surface area (TPSA) is 34.0 Å². The summed E-state index contributed by atoms with van der Waals surface area (Å²) in [5.41, 5.74) is 3.38. The number of amides is 1. The van der Waals surface area contributed by atoms with Gasteiger partial charge in [-0.15, -0.1) is 0 Å². The van der Waals surface area contributed by atoms with Crippen LogP contribution in [0, 0.1) is 6.92 Å². The maximum Gasteiger partial charge on any atom is 0.272 e. The third kappa shape index (κ3) is 2.89. The molecule has 0 radical (unpaired) electrons. The lowest BCUT2D eigenvalue weighted by Crippen LogP contribution is -2.18. The number of aromatic nitrogens is 1. The number of nitrogens with one attached hydrogen (secondary N) is 1. The first-order chi connectivity index (χ1) is 11.0. The van der Waals surface area contributed by atoms with E-state index < -0.39 is 0 Å². The molecular formula is C18H16BrClN2O. The molecule has 0 saturated carbocycles. The van der Waals surface area contributed by atoms with Crippen LogP contribution in [-0.4, -0.2) is 10.5 Å². The Bertz CT molecular complexity index is 901. The molecule has 1 heterocycles. The number of hydrogen-bond donors (Lipinski definition) is 1. The van der Waals surface area contributed by atoms with Gasteiger partial charge in [0.1, 0.15) is 5.69 Å². The average Bonchev–Trinajstić information content (AvgIpc) is 2.81. The van der Waals surface area contributed by atoms with Crippen molar-refractivity contribution in [2.24, 2.45) is 0 Å². The van der Waals surface area contributed by atoms with E-state index in [1.807, 2.05) is 60.9 Å². The lowest BCUT2D eigenvalue weighted by atomic mass is 10.1. The van der Waals surface area contributed by atoms with E-state index in [2.05, 4.69) is 21.2 Å². The van der Waals surface area contributed by atoms with Crippen LogP contribution in [0.4, 0.5) is 5.69 Å². The number of carbonyl (C=O) groups excluding carboxylic acids is 1. The molecule has 5 heteroatoms. The zero-order chi connectivity index (χ0) is 16.6. The zero-order valence-corrected chi connectivity index (χ0v) is 15.2. The van der Waals surface area contributed by atoms with Crippen LogP contribution in [-0.2, 0) is 6.54 Å². The molecule has 2 aromatic carbocycles. The predicted molar refractivity (Wildman–Crippen MR) is 99.5 cm³/mol. The summed E-state index contributed by atoms with van der Waals surface area (Å²) in [6, 6.07) is 13.3.